The minimum atomic E-state index is -0.522. The number of hydrogen-bond donors (Lipinski definition) is 1. The molecule has 1 heterocycles. The van der Waals surface area contributed by atoms with Crippen molar-refractivity contribution in [2.24, 2.45) is 7.05 Å². The number of hydrogen-bond acceptors (Lipinski definition) is 2. The Morgan fingerprint density at radius 1 is 1.32 bits per heavy atom. The van der Waals surface area contributed by atoms with Crippen molar-refractivity contribution < 1.29 is 14.1 Å². The van der Waals surface area contributed by atoms with Crippen LogP contribution in [0.15, 0.2) is 42.7 Å². The van der Waals surface area contributed by atoms with E-state index in [9.17, 15) is 4.79 Å². The Bertz CT molecular complexity index is 690. The second kappa shape index (κ2) is 8.30. The van der Waals surface area contributed by atoms with Crippen LogP contribution in [0.4, 0.5) is 0 Å². The molecular weight excluding hydrogens is 314 g/mol. The van der Waals surface area contributed by atoms with Crippen molar-refractivity contribution in [2.45, 2.75) is 51.4 Å². The number of nitrogens with zero attached hydrogens (tertiary/aromatic N) is 2. The van der Waals surface area contributed by atoms with E-state index in [2.05, 4.69) is 21.4 Å². The average Bonchev–Trinajstić information content (AvgIpc) is 3.25. The lowest BCUT2D eigenvalue weighted by Crippen LogP contribution is -2.35. The molecule has 1 aromatic heterocycles. The molecule has 0 aliphatic heterocycles. The summed E-state index contributed by atoms with van der Waals surface area (Å²) in [5, 5.41) is 3.05. The summed E-state index contributed by atoms with van der Waals surface area (Å²) in [5.41, 5.74) is 0.926. The molecule has 1 atom stereocenters. The molecule has 1 unspecified atom stereocenters. The van der Waals surface area contributed by atoms with Gasteiger partial charge in [0.2, 0.25) is 0 Å². The van der Waals surface area contributed by atoms with E-state index in [-0.39, 0.29) is 12.0 Å². The Balaban J connectivity index is 1.61. The highest BCUT2D eigenvalue weighted by atomic mass is 16.5. The molecule has 1 amide bonds. The molecular formula is C20H28N3O2+. The van der Waals surface area contributed by atoms with E-state index in [0.717, 1.165) is 30.8 Å². The van der Waals surface area contributed by atoms with Crippen LogP contribution in [-0.4, -0.2) is 23.1 Å². The molecule has 0 radical (unpaired) electrons. The highest BCUT2D eigenvalue weighted by molar-refractivity contribution is 5.82. The SMILES string of the molecule is Cc1n(CCNC(=O)C(OC2CCCC2)c2ccccc2)cc[n+]1C. The third-order valence-corrected chi connectivity index (χ3v) is 5.02. The van der Waals surface area contributed by atoms with E-state index in [0.29, 0.717) is 6.54 Å². The number of aryl methyl sites for hydroxylation is 1. The zero-order chi connectivity index (χ0) is 17.6. The second-order valence-corrected chi connectivity index (χ2v) is 6.77. The zero-order valence-electron chi connectivity index (χ0n) is 15.1. The normalized spacial score (nSPS) is 16.1. The summed E-state index contributed by atoms with van der Waals surface area (Å²) in [7, 11) is 2.02. The Hall–Kier alpha value is -2.14. The monoisotopic (exact) mass is 342 g/mol. The Labute approximate surface area is 149 Å². The largest absolute Gasteiger partial charge is 0.360 e. The van der Waals surface area contributed by atoms with Crippen molar-refractivity contribution in [3.63, 3.8) is 0 Å². The van der Waals surface area contributed by atoms with Gasteiger partial charge in [-0.05, 0) is 18.4 Å². The summed E-state index contributed by atoms with van der Waals surface area (Å²) in [4.78, 5) is 12.8. The molecule has 3 rings (SSSR count). The molecule has 2 aromatic rings. The number of carbonyl (C=O) groups is 1. The maximum atomic E-state index is 12.8. The van der Waals surface area contributed by atoms with Crippen molar-refractivity contribution in [2.75, 3.05) is 6.54 Å². The van der Waals surface area contributed by atoms with Crippen LogP contribution in [-0.2, 0) is 23.1 Å². The Morgan fingerprint density at radius 2 is 2.04 bits per heavy atom. The summed E-state index contributed by atoms with van der Waals surface area (Å²) in [6, 6.07) is 9.81. The molecule has 1 saturated carbocycles. The van der Waals surface area contributed by atoms with Gasteiger partial charge in [-0.2, -0.15) is 0 Å². The highest BCUT2D eigenvalue weighted by Gasteiger charge is 2.27. The van der Waals surface area contributed by atoms with Gasteiger partial charge in [0, 0.05) is 6.92 Å². The van der Waals surface area contributed by atoms with Crippen LogP contribution in [0.5, 0.6) is 0 Å². The Kier molecular flexibility index (Phi) is 5.87. The van der Waals surface area contributed by atoms with Gasteiger partial charge in [-0.1, -0.05) is 43.2 Å². The van der Waals surface area contributed by atoms with Crippen LogP contribution in [0.2, 0.25) is 0 Å². The van der Waals surface area contributed by atoms with Gasteiger partial charge in [-0.15, -0.1) is 0 Å². The number of aromatic nitrogens is 2. The van der Waals surface area contributed by atoms with Crippen LogP contribution in [0.25, 0.3) is 0 Å². The third-order valence-electron chi connectivity index (χ3n) is 5.02. The number of carbonyl (C=O) groups excluding carboxylic acids is 1. The fourth-order valence-electron chi connectivity index (χ4n) is 3.36. The quantitative estimate of drug-likeness (QED) is 0.786. The average molecular weight is 342 g/mol. The van der Waals surface area contributed by atoms with Crippen LogP contribution < -0.4 is 9.88 Å². The number of imidazole rings is 1. The van der Waals surface area contributed by atoms with Crippen LogP contribution in [0, 0.1) is 6.92 Å². The van der Waals surface area contributed by atoms with Crippen LogP contribution in [0.3, 0.4) is 0 Å². The minimum Gasteiger partial charge on any atom is -0.360 e. The summed E-state index contributed by atoms with van der Waals surface area (Å²) in [6.07, 6.45) is 8.21. The molecule has 0 saturated heterocycles. The predicted octanol–water partition coefficient (Wildman–Crippen LogP) is 2.44. The minimum absolute atomic E-state index is 0.0488. The van der Waals surface area contributed by atoms with E-state index in [4.69, 9.17) is 4.74 Å². The summed E-state index contributed by atoms with van der Waals surface area (Å²) in [5.74, 6) is 1.11. The first-order valence-corrected chi connectivity index (χ1v) is 9.14. The fraction of sp³-hybridized carbons (Fsp3) is 0.500. The molecule has 1 aromatic carbocycles. The van der Waals surface area contributed by atoms with Gasteiger partial charge in [0.25, 0.3) is 11.7 Å². The van der Waals surface area contributed by atoms with Crippen molar-refractivity contribution in [1.29, 1.82) is 0 Å². The highest BCUT2D eigenvalue weighted by Crippen LogP contribution is 2.28. The van der Waals surface area contributed by atoms with Crippen molar-refractivity contribution in [3.05, 3.63) is 54.1 Å². The number of nitrogens with one attached hydrogen (secondary N) is 1. The van der Waals surface area contributed by atoms with Crippen LogP contribution >= 0.6 is 0 Å². The first kappa shape index (κ1) is 17.7. The fourth-order valence-corrected chi connectivity index (χ4v) is 3.36. The number of ether oxygens (including phenoxy) is 1. The smallest absolute Gasteiger partial charge is 0.253 e. The maximum absolute atomic E-state index is 12.8. The van der Waals surface area contributed by atoms with Crippen molar-refractivity contribution in [1.82, 2.24) is 9.88 Å². The number of rotatable bonds is 7. The molecule has 1 aliphatic carbocycles. The molecule has 1 N–H and O–H groups in total. The summed E-state index contributed by atoms with van der Waals surface area (Å²) >= 11 is 0. The lowest BCUT2D eigenvalue weighted by molar-refractivity contribution is -0.677. The Morgan fingerprint density at radius 3 is 2.68 bits per heavy atom. The third kappa shape index (κ3) is 4.48. The standard InChI is InChI=1S/C20H27N3O2/c1-16-22(2)14-15-23(16)13-12-21-20(24)19(17-8-4-3-5-9-17)25-18-10-6-7-11-18/h3-5,8-9,14-15,18-19H,6-7,10-13H2,1-2H3/p+1. The van der Waals surface area contributed by atoms with E-state index in [1.807, 2.05) is 49.8 Å². The van der Waals surface area contributed by atoms with E-state index < -0.39 is 6.10 Å². The molecule has 134 valence electrons. The number of benzene rings is 1. The topological polar surface area (TPSA) is 47.1 Å². The molecule has 0 bridgehead atoms. The number of amides is 1. The van der Waals surface area contributed by atoms with Gasteiger partial charge >= 0.3 is 0 Å². The van der Waals surface area contributed by atoms with Gasteiger partial charge in [-0.3, -0.25) is 4.79 Å². The lowest BCUT2D eigenvalue weighted by Gasteiger charge is -2.22. The van der Waals surface area contributed by atoms with Gasteiger partial charge in [0.15, 0.2) is 6.10 Å². The second-order valence-electron chi connectivity index (χ2n) is 6.77. The van der Waals surface area contributed by atoms with Gasteiger partial charge in [0.05, 0.1) is 19.7 Å². The molecule has 5 nitrogen and oxygen atoms in total. The summed E-state index contributed by atoms with van der Waals surface area (Å²) in [6.45, 7) is 3.41. The van der Waals surface area contributed by atoms with Gasteiger partial charge in [-0.25, -0.2) is 9.13 Å². The molecule has 0 spiro atoms. The lowest BCUT2D eigenvalue weighted by atomic mass is 10.1. The predicted molar refractivity (Wildman–Crippen MR) is 95.9 cm³/mol. The van der Waals surface area contributed by atoms with E-state index in [1.54, 1.807) is 0 Å². The first-order valence-electron chi connectivity index (χ1n) is 9.14. The van der Waals surface area contributed by atoms with Gasteiger partial charge < -0.3 is 10.1 Å². The maximum Gasteiger partial charge on any atom is 0.253 e. The first-order chi connectivity index (χ1) is 12.1. The molecule has 5 heteroatoms. The van der Waals surface area contributed by atoms with Crippen molar-refractivity contribution >= 4 is 5.91 Å². The molecule has 25 heavy (non-hydrogen) atoms. The van der Waals surface area contributed by atoms with Crippen LogP contribution in [0.1, 0.15) is 43.2 Å². The van der Waals surface area contributed by atoms with Gasteiger partial charge in [0.1, 0.15) is 18.9 Å². The molecule has 1 aliphatic rings. The van der Waals surface area contributed by atoms with Crippen molar-refractivity contribution in [3.8, 4) is 0 Å². The molecule has 1 fully saturated rings. The zero-order valence-corrected chi connectivity index (χ0v) is 15.1. The van der Waals surface area contributed by atoms with E-state index in [1.165, 1.54) is 12.8 Å². The summed E-state index contributed by atoms with van der Waals surface area (Å²) < 4.78 is 10.4. The van der Waals surface area contributed by atoms with E-state index >= 15 is 0 Å².